The van der Waals surface area contributed by atoms with Crippen molar-refractivity contribution in [2.24, 2.45) is 0 Å². The van der Waals surface area contributed by atoms with E-state index in [1.54, 1.807) is 11.9 Å². The van der Waals surface area contributed by atoms with Gasteiger partial charge in [0.25, 0.3) is 5.91 Å². The Morgan fingerprint density at radius 3 is 2.13 bits per heavy atom. The second-order valence-electron chi connectivity index (χ2n) is 7.53. The third-order valence-electron chi connectivity index (χ3n) is 5.60. The average molecular weight is 411 g/mol. The van der Waals surface area contributed by atoms with Crippen molar-refractivity contribution in [2.75, 3.05) is 18.5 Å². The third kappa shape index (κ3) is 3.42. The Morgan fingerprint density at radius 2 is 1.45 bits per heavy atom. The van der Waals surface area contributed by atoms with Gasteiger partial charge >= 0.3 is 6.03 Å². The molecule has 5 rings (SSSR count). The highest BCUT2D eigenvalue weighted by molar-refractivity contribution is 6.11. The van der Waals surface area contributed by atoms with Crippen LogP contribution in [0.5, 0.6) is 11.5 Å². The lowest BCUT2D eigenvalue weighted by molar-refractivity contribution is -0.115. The van der Waals surface area contributed by atoms with Crippen LogP contribution < -0.4 is 15.0 Å². The Labute approximate surface area is 180 Å². The highest BCUT2D eigenvalue weighted by atomic mass is 16.5. The van der Waals surface area contributed by atoms with Crippen LogP contribution in [-0.4, -0.2) is 30.4 Å². The quantitative estimate of drug-likeness (QED) is 0.689. The van der Waals surface area contributed by atoms with Crippen molar-refractivity contribution in [3.63, 3.8) is 0 Å². The van der Waals surface area contributed by atoms with Gasteiger partial charge in [-0.15, -0.1) is 0 Å². The molecule has 6 heteroatoms. The van der Waals surface area contributed by atoms with E-state index in [4.69, 9.17) is 4.74 Å². The maximum Gasteiger partial charge on any atom is 0.322 e. The molecule has 6 nitrogen and oxygen atoms in total. The van der Waals surface area contributed by atoms with E-state index in [1.807, 2.05) is 84.9 Å². The standard InChI is InChI=1S/C25H21N3O3/c1-27-23-21(22(26-25(27)30)17-8-4-2-5-9-17)16-28(24(23)29)18-12-14-20(15-13-18)31-19-10-6-3-7-11-19/h2-15,22H,16H2,1H3,(H,26,30). The number of para-hydroxylation sites is 1. The Morgan fingerprint density at radius 1 is 0.839 bits per heavy atom. The number of ether oxygens (including phenoxy) is 1. The summed E-state index contributed by atoms with van der Waals surface area (Å²) in [5, 5.41) is 3.01. The molecule has 154 valence electrons. The van der Waals surface area contributed by atoms with Crippen molar-refractivity contribution in [2.45, 2.75) is 6.04 Å². The first kappa shape index (κ1) is 18.9. The van der Waals surface area contributed by atoms with Gasteiger partial charge in [-0.25, -0.2) is 4.79 Å². The minimum absolute atomic E-state index is 0.176. The second kappa shape index (κ2) is 7.65. The van der Waals surface area contributed by atoms with Crippen LogP contribution in [0.1, 0.15) is 11.6 Å². The minimum Gasteiger partial charge on any atom is -0.457 e. The number of benzene rings is 3. The molecule has 1 atom stereocenters. The number of rotatable bonds is 4. The third-order valence-corrected chi connectivity index (χ3v) is 5.60. The largest absolute Gasteiger partial charge is 0.457 e. The molecule has 0 bridgehead atoms. The first-order chi connectivity index (χ1) is 15.1. The van der Waals surface area contributed by atoms with Crippen LogP contribution in [0.25, 0.3) is 0 Å². The first-order valence-electron chi connectivity index (χ1n) is 10.1. The lowest BCUT2D eigenvalue weighted by Crippen LogP contribution is -2.45. The van der Waals surface area contributed by atoms with E-state index in [9.17, 15) is 9.59 Å². The summed E-state index contributed by atoms with van der Waals surface area (Å²) >= 11 is 0. The van der Waals surface area contributed by atoms with Gasteiger partial charge in [-0.3, -0.25) is 9.69 Å². The monoisotopic (exact) mass is 411 g/mol. The van der Waals surface area contributed by atoms with Crippen molar-refractivity contribution >= 4 is 17.6 Å². The lowest BCUT2D eigenvalue weighted by Gasteiger charge is -2.31. The van der Waals surface area contributed by atoms with E-state index in [2.05, 4.69) is 5.32 Å². The summed E-state index contributed by atoms with van der Waals surface area (Å²) < 4.78 is 5.85. The smallest absolute Gasteiger partial charge is 0.322 e. The zero-order chi connectivity index (χ0) is 21.4. The number of nitrogens with one attached hydrogen (secondary N) is 1. The molecule has 0 spiro atoms. The Bertz CT molecular complexity index is 1160. The van der Waals surface area contributed by atoms with E-state index >= 15 is 0 Å². The van der Waals surface area contributed by atoms with Crippen molar-refractivity contribution in [3.05, 3.63) is 102 Å². The molecule has 0 radical (unpaired) electrons. The van der Waals surface area contributed by atoms with Crippen LogP contribution in [0.15, 0.2) is 96.2 Å². The molecular formula is C25H21N3O3. The van der Waals surface area contributed by atoms with Gasteiger partial charge in [0.2, 0.25) is 0 Å². The van der Waals surface area contributed by atoms with Gasteiger partial charge in [-0.1, -0.05) is 48.5 Å². The van der Waals surface area contributed by atoms with Gasteiger partial charge in [-0.05, 0) is 42.0 Å². The summed E-state index contributed by atoms with van der Waals surface area (Å²) in [6.45, 7) is 0.414. The fourth-order valence-electron chi connectivity index (χ4n) is 4.04. The molecule has 0 aliphatic carbocycles. The topological polar surface area (TPSA) is 61.9 Å². The van der Waals surface area contributed by atoms with E-state index in [-0.39, 0.29) is 18.0 Å². The maximum absolute atomic E-state index is 13.3. The fraction of sp³-hybridized carbons (Fsp3) is 0.120. The summed E-state index contributed by atoms with van der Waals surface area (Å²) in [7, 11) is 1.63. The summed E-state index contributed by atoms with van der Waals surface area (Å²) in [5.74, 6) is 1.27. The summed E-state index contributed by atoms with van der Waals surface area (Å²) in [4.78, 5) is 28.9. The van der Waals surface area contributed by atoms with Crippen molar-refractivity contribution in [3.8, 4) is 11.5 Å². The molecule has 3 aromatic rings. The van der Waals surface area contributed by atoms with Crippen LogP contribution in [0.4, 0.5) is 10.5 Å². The molecule has 0 saturated heterocycles. The summed E-state index contributed by atoms with van der Waals surface area (Å²) in [6.07, 6.45) is 0. The number of carbonyl (C=O) groups excluding carboxylic acids is 2. The summed E-state index contributed by atoms with van der Waals surface area (Å²) in [6, 6.07) is 26.1. The van der Waals surface area contributed by atoms with Crippen molar-refractivity contribution in [1.82, 2.24) is 10.2 Å². The number of anilines is 1. The number of likely N-dealkylation sites (N-methyl/N-ethyl adjacent to an activating group) is 1. The second-order valence-corrected chi connectivity index (χ2v) is 7.53. The van der Waals surface area contributed by atoms with E-state index in [0.29, 0.717) is 18.0 Å². The molecule has 3 amide bonds. The van der Waals surface area contributed by atoms with Crippen LogP contribution >= 0.6 is 0 Å². The molecule has 2 aliphatic rings. The Hall–Kier alpha value is -4.06. The number of urea groups is 1. The Balaban J connectivity index is 1.41. The molecule has 0 aromatic heterocycles. The minimum atomic E-state index is -0.325. The molecule has 0 fully saturated rings. The maximum atomic E-state index is 13.3. The van der Waals surface area contributed by atoms with E-state index in [1.165, 1.54) is 4.90 Å². The zero-order valence-electron chi connectivity index (χ0n) is 17.0. The van der Waals surface area contributed by atoms with Crippen LogP contribution in [0.3, 0.4) is 0 Å². The van der Waals surface area contributed by atoms with E-state index < -0.39 is 0 Å². The number of hydrogen-bond donors (Lipinski definition) is 1. The number of carbonyl (C=O) groups is 2. The van der Waals surface area contributed by atoms with Crippen LogP contribution in [0.2, 0.25) is 0 Å². The number of nitrogens with zero attached hydrogens (tertiary/aromatic N) is 2. The summed E-state index contributed by atoms with van der Waals surface area (Å²) in [5.41, 5.74) is 3.05. The van der Waals surface area contributed by atoms with Gasteiger partial charge in [-0.2, -0.15) is 0 Å². The predicted molar refractivity (Wildman–Crippen MR) is 118 cm³/mol. The fourth-order valence-corrected chi connectivity index (χ4v) is 4.04. The molecule has 31 heavy (non-hydrogen) atoms. The molecular weight excluding hydrogens is 390 g/mol. The SMILES string of the molecule is CN1C(=O)NC(c2ccccc2)C2=C1C(=O)N(c1ccc(Oc3ccccc3)cc1)C2. The molecule has 1 N–H and O–H groups in total. The zero-order valence-corrected chi connectivity index (χ0v) is 17.0. The normalized spacial score (nSPS) is 18.2. The van der Waals surface area contributed by atoms with Gasteiger partial charge < -0.3 is 15.0 Å². The average Bonchev–Trinajstić information content (AvgIpc) is 3.15. The van der Waals surface area contributed by atoms with Gasteiger partial charge in [0.05, 0.1) is 12.6 Å². The highest BCUT2D eigenvalue weighted by Gasteiger charge is 2.43. The molecule has 2 heterocycles. The van der Waals surface area contributed by atoms with Crippen LogP contribution in [0, 0.1) is 0 Å². The van der Waals surface area contributed by atoms with Gasteiger partial charge in [0.1, 0.15) is 17.2 Å². The van der Waals surface area contributed by atoms with Crippen molar-refractivity contribution < 1.29 is 14.3 Å². The van der Waals surface area contributed by atoms with Gasteiger partial charge in [0, 0.05) is 18.3 Å². The number of amides is 3. The predicted octanol–water partition coefficient (Wildman–Crippen LogP) is 4.48. The lowest BCUT2D eigenvalue weighted by atomic mass is 9.96. The van der Waals surface area contributed by atoms with Crippen molar-refractivity contribution in [1.29, 1.82) is 0 Å². The molecule has 3 aromatic carbocycles. The Kier molecular flexibility index (Phi) is 4.67. The number of hydrogen-bond acceptors (Lipinski definition) is 3. The molecule has 2 aliphatic heterocycles. The van der Waals surface area contributed by atoms with Gasteiger partial charge in [0.15, 0.2) is 0 Å². The molecule has 1 unspecified atom stereocenters. The first-order valence-corrected chi connectivity index (χ1v) is 10.1. The van der Waals surface area contributed by atoms with E-state index in [0.717, 1.165) is 22.6 Å². The highest BCUT2D eigenvalue weighted by Crippen LogP contribution is 2.37. The van der Waals surface area contributed by atoms with Crippen LogP contribution in [-0.2, 0) is 4.79 Å². The molecule has 0 saturated carbocycles.